The largest absolute Gasteiger partial charge is 0.279 e. The van der Waals surface area contributed by atoms with E-state index < -0.39 is 0 Å². The van der Waals surface area contributed by atoms with Crippen molar-refractivity contribution in [1.29, 1.82) is 0 Å². The van der Waals surface area contributed by atoms with Gasteiger partial charge < -0.3 is 0 Å². The van der Waals surface area contributed by atoms with Crippen molar-refractivity contribution in [3.8, 4) is 0 Å². The van der Waals surface area contributed by atoms with Gasteiger partial charge in [0.05, 0.1) is 0 Å². The molecule has 7 rings (SSSR count). The summed E-state index contributed by atoms with van der Waals surface area (Å²) in [6, 6.07) is 39.6. The first-order valence-electron chi connectivity index (χ1n) is 12.5. The first-order chi connectivity index (χ1) is 19.7. The van der Waals surface area contributed by atoms with E-state index in [2.05, 4.69) is 9.98 Å². The molecule has 10 heteroatoms. The van der Waals surface area contributed by atoms with E-state index in [1.54, 1.807) is 4.90 Å². The molecule has 0 radical (unpaired) electrons. The van der Waals surface area contributed by atoms with E-state index in [0.29, 0.717) is 17.9 Å². The van der Waals surface area contributed by atoms with Crippen LogP contribution in [0.4, 0.5) is 22.7 Å². The zero-order valence-corrected chi connectivity index (χ0v) is 21.7. The lowest BCUT2D eigenvalue weighted by Gasteiger charge is -2.34. The van der Waals surface area contributed by atoms with Crippen LogP contribution in [-0.2, 0) is 0 Å². The van der Waals surface area contributed by atoms with Crippen LogP contribution in [-0.4, -0.2) is 40.0 Å². The summed E-state index contributed by atoms with van der Waals surface area (Å²) in [4.78, 5) is 33.7. The maximum atomic E-state index is 6.38. The second-order valence-electron chi connectivity index (χ2n) is 8.79. The Morgan fingerprint density at radius 2 is 0.725 bits per heavy atom. The fraction of sp³-hybridized carbons (Fsp3) is 0. The molecule has 0 unspecified atom stereocenters. The van der Waals surface area contributed by atoms with Gasteiger partial charge in [-0.25, -0.2) is 4.90 Å². The minimum absolute atomic E-state index is 0.0209. The molecule has 192 valence electrons. The minimum Gasteiger partial charge on any atom is -0.279 e. The molecule has 0 saturated heterocycles. The standard InChI is InChI=1S/C30H20ClN9/c31-25-32-26-34-28(38(21-13-5-1-6-14-21)22-15-7-2-8-16-22)36-30-37-29(35-27(33-25)40(26)30)39(23-17-9-3-10-18-23)24-19-11-4-12-20-24/h1-20H. The Bertz CT molecular complexity index is 1580. The topological polar surface area (TPSA) is 83.9 Å². The van der Waals surface area contributed by atoms with Crippen molar-refractivity contribution in [2.45, 2.75) is 0 Å². The molecule has 3 aliphatic heterocycles. The molecule has 0 atom stereocenters. The van der Waals surface area contributed by atoms with E-state index in [-0.39, 0.29) is 17.2 Å². The number of halogens is 1. The van der Waals surface area contributed by atoms with E-state index in [4.69, 9.17) is 31.6 Å². The average Bonchev–Trinajstić information content (AvgIpc) is 2.99. The second kappa shape index (κ2) is 10.0. The molecular formula is C30H20ClN9. The van der Waals surface area contributed by atoms with Gasteiger partial charge in [-0.05, 0) is 60.1 Å². The Morgan fingerprint density at radius 3 is 1.10 bits per heavy atom. The Kier molecular flexibility index (Phi) is 5.95. The molecule has 0 spiro atoms. The summed E-state index contributed by atoms with van der Waals surface area (Å²) in [5.74, 6) is 1.65. The molecule has 0 fully saturated rings. The second-order valence-corrected chi connectivity index (χ2v) is 9.13. The number of nitrogens with zero attached hydrogens (tertiary/aromatic N) is 9. The number of amidine groups is 1. The smallest absolute Gasteiger partial charge is 0.246 e. The van der Waals surface area contributed by atoms with Gasteiger partial charge in [-0.2, -0.15) is 30.0 Å². The third-order valence-electron chi connectivity index (χ3n) is 6.24. The monoisotopic (exact) mass is 541 g/mol. The van der Waals surface area contributed by atoms with Gasteiger partial charge >= 0.3 is 0 Å². The van der Waals surface area contributed by atoms with Gasteiger partial charge in [0.15, 0.2) is 0 Å². The van der Waals surface area contributed by atoms with Gasteiger partial charge in [-0.3, -0.25) is 9.80 Å². The molecule has 3 heterocycles. The number of benzene rings is 4. The third kappa shape index (κ3) is 4.34. The van der Waals surface area contributed by atoms with Crippen LogP contribution in [0.25, 0.3) is 0 Å². The normalized spacial score (nSPS) is 15.5. The molecular weight excluding hydrogens is 522 g/mol. The predicted octanol–water partition coefficient (Wildman–Crippen LogP) is 6.38. The fourth-order valence-electron chi connectivity index (χ4n) is 4.51. The summed E-state index contributed by atoms with van der Waals surface area (Å²) in [7, 11) is 0. The van der Waals surface area contributed by atoms with Crippen molar-refractivity contribution in [1.82, 2.24) is 4.90 Å². The van der Waals surface area contributed by atoms with Crippen LogP contribution < -0.4 is 9.80 Å². The van der Waals surface area contributed by atoms with Gasteiger partial charge in [-0.15, -0.1) is 0 Å². The molecule has 0 N–H and O–H groups in total. The molecule has 0 aromatic heterocycles. The molecule has 40 heavy (non-hydrogen) atoms. The van der Waals surface area contributed by atoms with Crippen LogP contribution in [0, 0.1) is 0 Å². The molecule has 9 nitrogen and oxygen atoms in total. The fourth-order valence-corrected chi connectivity index (χ4v) is 4.66. The van der Waals surface area contributed by atoms with Gasteiger partial charge in [0.2, 0.25) is 35.1 Å². The van der Waals surface area contributed by atoms with Crippen LogP contribution >= 0.6 is 11.6 Å². The summed E-state index contributed by atoms with van der Waals surface area (Å²) in [6.07, 6.45) is 0. The number of hydrogen-bond acceptors (Lipinski definition) is 9. The molecule has 0 bridgehead atoms. The molecule has 0 saturated carbocycles. The molecule has 4 aromatic carbocycles. The highest BCUT2D eigenvalue weighted by atomic mass is 35.5. The zero-order valence-electron chi connectivity index (χ0n) is 20.9. The van der Waals surface area contributed by atoms with Crippen LogP contribution in [0.5, 0.6) is 0 Å². The van der Waals surface area contributed by atoms with E-state index in [9.17, 15) is 0 Å². The Morgan fingerprint density at radius 1 is 0.400 bits per heavy atom. The first-order valence-corrected chi connectivity index (χ1v) is 12.9. The summed E-state index contributed by atoms with van der Waals surface area (Å²) < 4.78 is 0. The van der Waals surface area contributed by atoms with Crippen molar-refractivity contribution in [2.75, 3.05) is 9.80 Å². The van der Waals surface area contributed by atoms with Crippen LogP contribution in [0.2, 0.25) is 0 Å². The highest BCUT2D eigenvalue weighted by Gasteiger charge is 2.37. The van der Waals surface area contributed by atoms with Crippen molar-refractivity contribution in [3.63, 3.8) is 0 Å². The Hall–Kier alpha value is -5.41. The molecule has 0 aliphatic carbocycles. The number of hydrogen-bond donors (Lipinski definition) is 0. The Balaban J connectivity index is 1.41. The van der Waals surface area contributed by atoms with E-state index >= 15 is 0 Å². The number of aliphatic imine (C=N–C) groups is 6. The average molecular weight is 542 g/mol. The van der Waals surface area contributed by atoms with Crippen LogP contribution in [0.1, 0.15) is 0 Å². The highest BCUT2D eigenvalue weighted by Crippen LogP contribution is 2.31. The van der Waals surface area contributed by atoms with E-state index in [1.807, 2.05) is 131 Å². The SMILES string of the molecule is ClC1=NC2=NC(N(c3ccccc3)c3ccccc3)=NC3=NC(N(c4ccccc4)c4ccccc4)=NC(=N1)N23. The number of anilines is 4. The van der Waals surface area contributed by atoms with Gasteiger partial charge in [0, 0.05) is 22.7 Å². The van der Waals surface area contributed by atoms with Gasteiger partial charge in [0.1, 0.15) is 0 Å². The van der Waals surface area contributed by atoms with Crippen LogP contribution in [0.15, 0.2) is 151 Å². The highest BCUT2D eigenvalue weighted by molar-refractivity contribution is 6.67. The van der Waals surface area contributed by atoms with Gasteiger partial charge in [0.25, 0.3) is 0 Å². The molecule has 0 amide bonds. The van der Waals surface area contributed by atoms with E-state index in [1.165, 1.54) is 0 Å². The molecule has 3 aliphatic rings. The minimum atomic E-state index is 0.0209. The first kappa shape index (κ1) is 23.7. The lowest BCUT2D eigenvalue weighted by molar-refractivity contribution is 0.825. The predicted molar refractivity (Wildman–Crippen MR) is 162 cm³/mol. The lowest BCUT2D eigenvalue weighted by Crippen LogP contribution is -2.50. The van der Waals surface area contributed by atoms with Crippen molar-refractivity contribution < 1.29 is 0 Å². The Labute approximate surface area is 235 Å². The summed E-state index contributed by atoms with van der Waals surface area (Å²) in [5, 5.41) is 0.0209. The lowest BCUT2D eigenvalue weighted by atomic mass is 10.2. The number of para-hydroxylation sites is 4. The third-order valence-corrected chi connectivity index (χ3v) is 6.41. The quantitative estimate of drug-likeness (QED) is 0.281. The van der Waals surface area contributed by atoms with Crippen molar-refractivity contribution in [2.24, 2.45) is 30.0 Å². The zero-order chi connectivity index (χ0) is 26.9. The summed E-state index contributed by atoms with van der Waals surface area (Å²) >= 11 is 6.38. The maximum Gasteiger partial charge on any atom is 0.246 e. The molecule has 4 aromatic rings. The maximum absolute atomic E-state index is 6.38. The number of guanidine groups is 5. The van der Waals surface area contributed by atoms with E-state index in [0.717, 1.165) is 22.7 Å². The summed E-state index contributed by atoms with van der Waals surface area (Å²) in [6.45, 7) is 0. The number of rotatable bonds is 4. The van der Waals surface area contributed by atoms with Gasteiger partial charge in [-0.1, -0.05) is 72.8 Å². The van der Waals surface area contributed by atoms with Crippen molar-refractivity contribution in [3.05, 3.63) is 121 Å². The summed E-state index contributed by atoms with van der Waals surface area (Å²) in [5.41, 5.74) is 3.52. The van der Waals surface area contributed by atoms with Crippen LogP contribution in [0.3, 0.4) is 0 Å². The van der Waals surface area contributed by atoms with Crippen molar-refractivity contribution >= 4 is 69.4 Å².